The maximum absolute atomic E-state index is 14.8. The van der Waals surface area contributed by atoms with Crippen molar-refractivity contribution in [2.45, 2.75) is 38.1 Å². The molecule has 186 valence electrons. The minimum Gasteiger partial charge on any atom is -0.383 e. The van der Waals surface area contributed by atoms with Gasteiger partial charge >= 0.3 is 0 Å². The minimum atomic E-state index is -0.562. The number of aromatic nitrogens is 5. The van der Waals surface area contributed by atoms with E-state index < -0.39 is 17.4 Å². The van der Waals surface area contributed by atoms with E-state index in [0.717, 1.165) is 12.8 Å². The normalized spacial score (nSPS) is 14.1. The van der Waals surface area contributed by atoms with Crippen LogP contribution in [-0.2, 0) is 0 Å². The van der Waals surface area contributed by atoms with Gasteiger partial charge in [-0.1, -0.05) is 42.4 Å². The van der Waals surface area contributed by atoms with Gasteiger partial charge in [-0.2, -0.15) is 4.98 Å². The molecule has 1 fully saturated rings. The van der Waals surface area contributed by atoms with Gasteiger partial charge in [-0.25, -0.2) is 14.4 Å². The number of benzene rings is 2. The van der Waals surface area contributed by atoms with Gasteiger partial charge in [0.05, 0.1) is 11.4 Å². The van der Waals surface area contributed by atoms with Gasteiger partial charge < -0.3 is 15.6 Å². The Kier molecular flexibility index (Phi) is 5.63. The lowest BCUT2D eigenvalue weighted by Gasteiger charge is -2.24. The fraction of sp³-hybridized carbons (Fsp3) is 0.222. The number of fused-ring (bicyclic) bond motifs is 1. The van der Waals surface area contributed by atoms with Crippen molar-refractivity contribution in [2.75, 3.05) is 11.1 Å². The average Bonchev–Trinajstić information content (AvgIpc) is 3.65. The van der Waals surface area contributed by atoms with Crippen LogP contribution in [0.5, 0.6) is 0 Å². The van der Waals surface area contributed by atoms with E-state index in [2.05, 4.69) is 25.4 Å². The number of anilines is 2. The summed E-state index contributed by atoms with van der Waals surface area (Å²) in [7, 11) is 0. The molecule has 1 aliphatic carbocycles. The van der Waals surface area contributed by atoms with Gasteiger partial charge in [0.15, 0.2) is 5.82 Å². The fourth-order valence-corrected chi connectivity index (χ4v) is 4.55. The smallest absolute Gasteiger partial charge is 0.266 e. The zero-order valence-corrected chi connectivity index (χ0v) is 20.1. The highest BCUT2D eigenvalue weighted by molar-refractivity contribution is 5.83. The second-order valence-corrected chi connectivity index (χ2v) is 9.07. The third kappa shape index (κ3) is 4.10. The molecule has 0 spiro atoms. The molecule has 0 saturated heterocycles. The summed E-state index contributed by atoms with van der Waals surface area (Å²) >= 11 is 0. The van der Waals surface area contributed by atoms with Crippen LogP contribution < -0.4 is 16.6 Å². The number of pyridine rings is 1. The van der Waals surface area contributed by atoms with Crippen LogP contribution in [0.2, 0.25) is 0 Å². The van der Waals surface area contributed by atoms with Gasteiger partial charge in [0.25, 0.3) is 11.4 Å². The lowest BCUT2D eigenvalue weighted by molar-refractivity contribution is 0.422. The molecular formula is C27H24FN7O2. The molecule has 0 amide bonds. The Morgan fingerprint density at radius 3 is 2.73 bits per heavy atom. The molecule has 0 aliphatic heterocycles. The molecule has 6 rings (SSSR count). The van der Waals surface area contributed by atoms with Crippen LogP contribution in [-0.4, -0.2) is 24.7 Å². The molecule has 3 aromatic heterocycles. The van der Waals surface area contributed by atoms with Crippen LogP contribution >= 0.6 is 0 Å². The van der Waals surface area contributed by atoms with Gasteiger partial charge in [0.1, 0.15) is 29.3 Å². The number of halogens is 1. The standard InChI is InChI=1S/C27H24FN7O2/c1-2-19(32-25-22(23(29)30-14-31-25)26-33-24(34-37-26)15-11-12-15)20-13-16-7-6-10-18(28)21(16)27(36)35(20)17-8-4-3-5-9-17/h3-10,13-15,19H,2,11-12H2,1H3,(H3,29,30,31,32). The monoisotopic (exact) mass is 497 g/mol. The molecule has 1 unspecified atom stereocenters. The van der Waals surface area contributed by atoms with Gasteiger partial charge in [0.2, 0.25) is 0 Å². The van der Waals surface area contributed by atoms with Crippen molar-refractivity contribution < 1.29 is 8.91 Å². The first-order valence-electron chi connectivity index (χ1n) is 12.2. The first-order valence-corrected chi connectivity index (χ1v) is 12.2. The summed E-state index contributed by atoms with van der Waals surface area (Å²) in [5, 5.41) is 8.06. The van der Waals surface area contributed by atoms with E-state index in [9.17, 15) is 9.18 Å². The summed E-state index contributed by atoms with van der Waals surface area (Å²) in [6, 6.07) is 15.2. The Hall–Kier alpha value is -4.60. The average molecular weight is 498 g/mol. The molecule has 0 bridgehead atoms. The summed E-state index contributed by atoms with van der Waals surface area (Å²) < 4.78 is 21.8. The Labute approximate surface area is 211 Å². The van der Waals surface area contributed by atoms with E-state index in [-0.39, 0.29) is 17.1 Å². The van der Waals surface area contributed by atoms with Crippen molar-refractivity contribution in [3.05, 3.63) is 88.6 Å². The number of nitrogen functional groups attached to an aromatic ring is 1. The van der Waals surface area contributed by atoms with Crippen LogP contribution in [0.3, 0.4) is 0 Å². The summed E-state index contributed by atoms with van der Waals surface area (Å²) in [6.07, 6.45) is 3.99. The molecule has 9 nitrogen and oxygen atoms in total. The number of hydrogen-bond donors (Lipinski definition) is 2. The molecule has 37 heavy (non-hydrogen) atoms. The molecule has 3 heterocycles. The number of nitrogens with zero attached hydrogens (tertiary/aromatic N) is 5. The highest BCUT2D eigenvalue weighted by atomic mass is 19.1. The van der Waals surface area contributed by atoms with Crippen molar-refractivity contribution in [3.63, 3.8) is 0 Å². The van der Waals surface area contributed by atoms with Crippen LogP contribution in [0.25, 0.3) is 27.9 Å². The first kappa shape index (κ1) is 22.8. The Balaban J connectivity index is 1.50. The maximum atomic E-state index is 14.8. The highest BCUT2D eigenvalue weighted by Crippen LogP contribution is 2.40. The number of rotatable bonds is 7. The summed E-state index contributed by atoms with van der Waals surface area (Å²) in [4.78, 5) is 26.7. The van der Waals surface area contributed by atoms with E-state index in [1.165, 1.54) is 17.0 Å². The van der Waals surface area contributed by atoms with Crippen LogP contribution in [0.15, 0.2) is 70.2 Å². The van der Waals surface area contributed by atoms with Gasteiger partial charge in [-0.3, -0.25) is 9.36 Å². The van der Waals surface area contributed by atoms with Crippen LogP contribution in [0.1, 0.15) is 49.7 Å². The van der Waals surface area contributed by atoms with Crippen molar-refractivity contribution >= 4 is 22.4 Å². The number of hydrogen-bond acceptors (Lipinski definition) is 8. The van der Waals surface area contributed by atoms with Crippen molar-refractivity contribution in [1.29, 1.82) is 0 Å². The third-order valence-electron chi connectivity index (χ3n) is 6.59. The number of nitrogens with one attached hydrogen (secondary N) is 1. The van der Waals surface area contributed by atoms with E-state index in [0.29, 0.717) is 46.3 Å². The zero-order valence-electron chi connectivity index (χ0n) is 20.1. The largest absolute Gasteiger partial charge is 0.383 e. The number of para-hydroxylation sites is 1. The Morgan fingerprint density at radius 1 is 1.16 bits per heavy atom. The lowest BCUT2D eigenvalue weighted by Crippen LogP contribution is -2.27. The Bertz CT molecular complexity index is 1660. The van der Waals surface area contributed by atoms with Crippen molar-refractivity contribution in [2.24, 2.45) is 0 Å². The van der Waals surface area contributed by atoms with Crippen LogP contribution in [0.4, 0.5) is 16.0 Å². The molecule has 0 radical (unpaired) electrons. The molecule has 1 saturated carbocycles. The molecule has 1 aliphatic rings. The van der Waals surface area contributed by atoms with Crippen molar-refractivity contribution in [3.8, 4) is 17.1 Å². The maximum Gasteiger partial charge on any atom is 0.266 e. The van der Waals surface area contributed by atoms with Gasteiger partial charge in [0, 0.05) is 17.3 Å². The summed E-state index contributed by atoms with van der Waals surface area (Å²) in [5.74, 6) is 1.22. The zero-order chi connectivity index (χ0) is 25.5. The summed E-state index contributed by atoms with van der Waals surface area (Å²) in [6.45, 7) is 1.98. The van der Waals surface area contributed by atoms with E-state index >= 15 is 0 Å². The van der Waals surface area contributed by atoms with Gasteiger partial charge in [-0.05, 0) is 48.9 Å². The molecule has 10 heteroatoms. The van der Waals surface area contributed by atoms with E-state index in [1.807, 2.05) is 43.3 Å². The van der Waals surface area contributed by atoms with Crippen LogP contribution in [0, 0.1) is 5.82 Å². The quantitative estimate of drug-likeness (QED) is 0.322. The second kappa shape index (κ2) is 9.12. The molecular weight excluding hydrogens is 473 g/mol. The minimum absolute atomic E-state index is 0.0374. The Morgan fingerprint density at radius 2 is 1.97 bits per heavy atom. The highest BCUT2D eigenvalue weighted by Gasteiger charge is 2.30. The van der Waals surface area contributed by atoms with E-state index in [1.54, 1.807) is 12.1 Å². The summed E-state index contributed by atoms with van der Waals surface area (Å²) in [5.41, 5.74) is 7.46. The molecule has 5 aromatic rings. The first-order chi connectivity index (χ1) is 18.0. The topological polar surface area (TPSA) is 125 Å². The predicted octanol–water partition coefficient (Wildman–Crippen LogP) is 4.99. The predicted molar refractivity (Wildman–Crippen MR) is 138 cm³/mol. The van der Waals surface area contributed by atoms with E-state index in [4.69, 9.17) is 10.3 Å². The SMILES string of the molecule is CCC(Nc1ncnc(N)c1-c1nc(C2CC2)no1)c1cc2cccc(F)c2c(=O)n1-c1ccccc1. The fourth-order valence-electron chi connectivity index (χ4n) is 4.55. The van der Waals surface area contributed by atoms with Gasteiger partial charge in [-0.15, -0.1) is 0 Å². The lowest BCUT2D eigenvalue weighted by atomic mass is 10.0. The second-order valence-electron chi connectivity index (χ2n) is 9.07. The number of nitrogens with two attached hydrogens (primary N) is 1. The van der Waals surface area contributed by atoms with Crippen molar-refractivity contribution in [1.82, 2.24) is 24.7 Å². The molecule has 2 aromatic carbocycles. The molecule has 3 N–H and O–H groups in total. The molecule has 1 atom stereocenters. The third-order valence-corrected chi connectivity index (χ3v) is 6.59.